The van der Waals surface area contributed by atoms with Gasteiger partial charge in [-0.15, -0.1) is 11.3 Å². The van der Waals surface area contributed by atoms with Crippen molar-refractivity contribution in [1.29, 1.82) is 0 Å². The fourth-order valence-corrected chi connectivity index (χ4v) is 3.47. The second-order valence-electron chi connectivity index (χ2n) is 5.15. The molecule has 20 heavy (non-hydrogen) atoms. The third-order valence-electron chi connectivity index (χ3n) is 2.83. The second-order valence-corrected chi connectivity index (χ2v) is 8.78. The number of hydrogen-bond donors (Lipinski definition) is 2. The van der Waals surface area contributed by atoms with Crippen molar-refractivity contribution in [1.82, 2.24) is 5.32 Å². The van der Waals surface area contributed by atoms with Gasteiger partial charge in [-0.1, -0.05) is 0 Å². The summed E-state index contributed by atoms with van der Waals surface area (Å²) < 4.78 is 22.1. The zero-order chi connectivity index (χ0) is 15.3. The molecule has 1 aromatic heterocycles. The van der Waals surface area contributed by atoms with Crippen LogP contribution in [0.25, 0.3) is 0 Å². The van der Waals surface area contributed by atoms with Crippen LogP contribution in [-0.2, 0) is 21.1 Å². The van der Waals surface area contributed by atoms with Crippen LogP contribution in [0.1, 0.15) is 23.1 Å². The van der Waals surface area contributed by atoms with Crippen molar-refractivity contribution in [3.05, 3.63) is 21.9 Å². The van der Waals surface area contributed by atoms with E-state index in [1.54, 1.807) is 11.3 Å². The Morgan fingerprint density at radius 3 is 2.60 bits per heavy atom. The van der Waals surface area contributed by atoms with Gasteiger partial charge in [0.1, 0.15) is 9.84 Å². The van der Waals surface area contributed by atoms with Crippen molar-refractivity contribution >= 4 is 27.1 Å². The predicted octanol–water partition coefficient (Wildman–Crippen LogP) is 0.866. The zero-order valence-corrected chi connectivity index (χ0v) is 13.7. The average molecular weight is 318 g/mol. The van der Waals surface area contributed by atoms with Crippen LogP contribution in [0, 0.1) is 6.92 Å². The third-order valence-corrected chi connectivity index (χ3v) is 4.83. The first-order valence-corrected chi connectivity index (χ1v) is 9.34. The standard InChI is InChI=1S/C13H22N2O3S2/c1-9(8-11-5-4-10(2)19-11)15-13(16)12(14)6-7-20(3,17)18/h4-5,9,12H,6-8,14H2,1-3H3,(H,15,16). The highest BCUT2D eigenvalue weighted by Crippen LogP contribution is 2.16. The number of amides is 1. The van der Waals surface area contributed by atoms with Crippen molar-refractivity contribution in [2.24, 2.45) is 5.73 Å². The highest BCUT2D eigenvalue weighted by Gasteiger charge is 2.18. The molecule has 0 fully saturated rings. The molecule has 3 N–H and O–H groups in total. The SMILES string of the molecule is Cc1ccc(CC(C)NC(=O)C(N)CCS(C)(=O)=O)s1. The van der Waals surface area contributed by atoms with Crippen LogP contribution in [0.15, 0.2) is 12.1 Å². The molecule has 0 radical (unpaired) electrons. The van der Waals surface area contributed by atoms with E-state index in [0.29, 0.717) is 0 Å². The van der Waals surface area contributed by atoms with Crippen molar-refractivity contribution in [3.63, 3.8) is 0 Å². The lowest BCUT2D eigenvalue weighted by Gasteiger charge is -2.16. The molecular formula is C13H22N2O3S2. The third kappa shape index (κ3) is 6.49. The molecule has 1 amide bonds. The molecule has 1 aromatic rings. The Morgan fingerprint density at radius 2 is 2.10 bits per heavy atom. The van der Waals surface area contributed by atoms with Gasteiger partial charge in [0, 0.05) is 28.5 Å². The normalized spacial score (nSPS) is 14.8. The van der Waals surface area contributed by atoms with E-state index < -0.39 is 15.9 Å². The fourth-order valence-electron chi connectivity index (χ4n) is 1.77. The lowest BCUT2D eigenvalue weighted by molar-refractivity contribution is -0.122. The molecule has 7 heteroatoms. The average Bonchev–Trinajstić information content (AvgIpc) is 2.70. The molecule has 0 aliphatic carbocycles. The highest BCUT2D eigenvalue weighted by atomic mass is 32.2. The summed E-state index contributed by atoms with van der Waals surface area (Å²) in [5.74, 6) is -0.366. The molecule has 1 heterocycles. The Bertz CT molecular complexity index is 552. The maximum Gasteiger partial charge on any atom is 0.237 e. The van der Waals surface area contributed by atoms with Crippen LogP contribution < -0.4 is 11.1 Å². The van der Waals surface area contributed by atoms with Crippen LogP contribution in [0.4, 0.5) is 0 Å². The first-order chi connectivity index (χ1) is 9.17. The largest absolute Gasteiger partial charge is 0.352 e. The van der Waals surface area contributed by atoms with E-state index in [4.69, 9.17) is 5.73 Å². The smallest absolute Gasteiger partial charge is 0.237 e. The van der Waals surface area contributed by atoms with Gasteiger partial charge < -0.3 is 11.1 Å². The number of nitrogens with two attached hydrogens (primary N) is 1. The number of carbonyl (C=O) groups is 1. The van der Waals surface area contributed by atoms with Gasteiger partial charge >= 0.3 is 0 Å². The van der Waals surface area contributed by atoms with Gasteiger partial charge in [-0.3, -0.25) is 4.79 Å². The van der Waals surface area contributed by atoms with Gasteiger partial charge in [0.2, 0.25) is 5.91 Å². The Morgan fingerprint density at radius 1 is 1.45 bits per heavy atom. The summed E-state index contributed by atoms with van der Waals surface area (Å²) in [6.07, 6.45) is 2.04. The van der Waals surface area contributed by atoms with E-state index in [2.05, 4.69) is 5.32 Å². The summed E-state index contributed by atoms with van der Waals surface area (Å²) in [7, 11) is -3.09. The Balaban J connectivity index is 2.40. The number of carbonyl (C=O) groups excluding carboxylic acids is 1. The number of sulfone groups is 1. The molecule has 0 aliphatic rings. The molecule has 0 aromatic carbocycles. The van der Waals surface area contributed by atoms with Crippen LogP contribution in [-0.4, -0.2) is 38.4 Å². The Kier molecular flexibility index (Phi) is 6.16. The van der Waals surface area contributed by atoms with Crippen LogP contribution in [0.2, 0.25) is 0 Å². The molecule has 0 bridgehead atoms. The molecule has 0 saturated heterocycles. The fraction of sp³-hybridized carbons (Fsp3) is 0.615. The number of aryl methyl sites for hydroxylation is 1. The van der Waals surface area contributed by atoms with Crippen molar-refractivity contribution in [2.75, 3.05) is 12.0 Å². The molecular weight excluding hydrogens is 296 g/mol. The van der Waals surface area contributed by atoms with Crippen molar-refractivity contribution in [2.45, 2.75) is 38.8 Å². The number of rotatable bonds is 7. The minimum Gasteiger partial charge on any atom is -0.352 e. The lowest BCUT2D eigenvalue weighted by atomic mass is 10.1. The monoisotopic (exact) mass is 318 g/mol. The summed E-state index contributed by atoms with van der Waals surface area (Å²) in [6, 6.07) is 3.29. The molecule has 0 spiro atoms. The number of thiophene rings is 1. The number of hydrogen-bond acceptors (Lipinski definition) is 5. The van der Waals surface area contributed by atoms with E-state index in [1.807, 2.05) is 26.0 Å². The maximum atomic E-state index is 11.8. The maximum absolute atomic E-state index is 11.8. The van der Waals surface area contributed by atoms with Gasteiger partial charge in [-0.25, -0.2) is 8.42 Å². The summed E-state index contributed by atoms with van der Waals surface area (Å²) in [6.45, 7) is 3.95. The first-order valence-electron chi connectivity index (χ1n) is 6.46. The van der Waals surface area contributed by atoms with Crippen molar-refractivity contribution < 1.29 is 13.2 Å². The van der Waals surface area contributed by atoms with Crippen LogP contribution in [0.3, 0.4) is 0 Å². The van der Waals surface area contributed by atoms with Gasteiger partial charge in [0.25, 0.3) is 0 Å². The van der Waals surface area contributed by atoms with E-state index in [0.717, 1.165) is 12.7 Å². The molecule has 114 valence electrons. The molecule has 1 rings (SSSR count). The van der Waals surface area contributed by atoms with E-state index in [9.17, 15) is 13.2 Å². The van der Waals surface area contributed by atoms with Gasteiger partial charge in [0.05, 0.1) is 11.8 Å². The van der Waals surface area contributed by atoms with Crippen LogP contribution >= 0.6 is 11.3 Å². The Labute approximate surface area is 124 Å². The van der Waals surface area contributed by atoms with E-state index >= 15 is 0 Å². The number of nitrogens with one attached hydrogen (secondary N) is 1. The topological polar surface area (TPSA) is 89.3 Å². The van der Waals surface area contributed by atoms with Gasteiger partial charge in [-0.05, 0) is 32.4 Å². The summed E-state index contributed by atoms with van der Waals surface area (Å²) in [4.78, 5) is 14.3. The summed E-state index contributed by atoms with van der Waals surface area (Å²) in [5, 5.41) is 2.82. The molecule has 2 atom stereocenters. The highest BCUT2D eigenvalue weighted by molar-refractivity contribution is 7.90. The quantitative estimate of drug-likeness (QED) is 0.780. The predicted molar refractivity (Wildman–Crippen MR) is 82.7 cm³/mol. The molecule has 0 saturated carbocycles. The Hall–Kier alpha value is -0.920. The minimum absolute atomic E-state index is 0.0233. The van der Waals surface area contributed by atoms with Gasteiger partial charge in [-0.2, -0.15) is 0 Å². The zero-order valence-electron chi connectivity index (χ0n) is 12.0. The minimum atomic E-state index is -3.09. The second kappa shape index (κ2) is 7.19. The summed E-state index contributed by atoms with van der Waals surface area (Å²) in [5.41, 5.74) is 5.70. The van der Waals surface area contributed by atoms with E-state index in [1.165, 1.54) is 9.75 Å². The van der Waals surface area contributed by atoms with Gasteiger partial charge in [0.15, 0.2) is 0 Å². The summed E-state index contributed by atoms with van der Waals surface area (Å²) >= 11 is 1.70. The molecule has 5 nitrogen and oxygen atoms in total. The van der Waals surface area contributed by atoms with E-state index in [-0.39, 0.29) is 24.1 Å². The first kappa shape index (κ1) is 17.1. The van der Waals surface area contributed by atoms with Crippen molar-refractivity contribution in [3.8, 4) is 0 Å². The van der Waals surface area contributed by atoms with Crippen LogP contribution in [0.5, 0.6) is 0 Å². The lowest BCUT2D eigenvalue weighted by Crippen LogP contribution is -2.45. The molecule has 0 aliphatic heterocycles. The molecule has 2 unspecified atom stereocenters.